The minimum absolute atomic E-state index is 0.256. The van der Waals surface area contributed by atoms with Gasteiger partial charge in [-0.05, 0) is 24.2 Å². The van der Waals surface area contributed by atoms with Crippen molar-refractivity contribution in [1.82, 2.24) is 21.1 Å². The van der Waals surface area contributed by atoms with E-state index in [1.54, 1.807) is 0 Å². The summed E-state index contributed by atoms with van der Waals surface area (Å²) in [5.41, 5.74) is 2.42. The van der Waals surface area contributed by atoms with E-state index < -0.39 is 11.6 Å². The smallest absolute Gasteiger partial charge is 0.344 e. The molecule has 2 aliphatic rings. The lowest BCUT2D eigenvalue weighted by molar-refractivity contribution is -0.906. The van der Waals surface area contributed by atoms with Gasteiger partial charge in [-0.1, -0.05) is 37.3 Å². The number of imide groups is 1. The second-order valence-corrected chi connectivity index (χ2v) is 7.08. The molecule has 2 saturated heterocycles. The van der Waals surface area contributed by atoms with Crippen LogP contribution in [0.15, 0.2) is 30.3 Å². The Labute approximate surface area is 164 Å². The van der Waals surface area contributed by atoms with Gasteiger partial charge in [0, 0.05) is 0 Å². The maximum Gasteiger partial charge on any atom is 0.344 e. The number of hydrogen-bond acceptors (Lipinski definition) is 4. The van der Waals surface area contributed by atoms with E-state index >= 15 is 0 Å². The number of morpholine rings is 1. The first-order valence-corrected chi connectivity index (χ1v) is 9.65. The molecule has 0 saturated carbocycles. The number of carbonyl (C=O) groups excluding carboxylic acids is 2. The Balaban J connectivity index is 1.57. The Bertz CT molecular complexity index is 695. The highest BCUT2D eigenvalue weighted by atomic mass is 32.1. The van der Waals surface area contributed by atoms with Gasteiger partial charge < -0.3 is 20.3 Å². The molecule has 0 unspecified atom stereocenters. The SMILES string of the molecule is CC[C@]1(c2ccccc2)NC(=O)N(NC(=S)NCC[NH+]2CCOCC2)C1=O. The molecule has 2 fully saturated rings. The summed E-state index contributed by atoms with van der Waals surface area (Å²) in [7, 11) is 0. The lowest BCUT2D eigenvalue weighted by Gasteiger charge is -2.26. The molecule has 0 bridgehead atoms. The topological polar surface area (TPSA) is 87.1 Å². The van der Waals surface area contributed by atoms with Crippen molar-refractivity contribution in [3.05, 3.63) is 35.9 Å². The highest BCUT2D eigenvalue weighted by Gasteiger charge is 2.51. The lowest BCUT2D eigenvalue weighted by atomic mass is 9.87. The number of nitrogens with one attached hydrogen (secondary N) is 4. The molecule has 1 atom stereocenters. The minimum atomic E-state index is -1.07. The Morgan fingerprint density at radius 3 is 2.67 bits per heavy atom. The minimum Gasteiger partial charge on any atom is -0.370 e. The number of carbonyl (C=O) groups is 2. The molecule has 8 nitrogen and oxygen atoms in total. The highest BCUT2D eigenvalue weighted by Crippen LogP contribution is 2.31. The molecule has 3 amide bonds. The average Bonchev–Trinajstić information content (AvgIpc) is 2.94. The summed E-state index contributed by atoms with van der Waals surface area (Å²) in [4.78, 5) is 26.9. The van der Waals surface area contributed by atoms with Crippen LogP contribution in [0.3, 0.4) is 0 Å². The summed E-state index contributed by atoms with van der Waals surface area (Å²) >= 11 is 5.26. The molecule has 0 aromatic heterocycles. The molecule has 2 aliphatic heterocycles. The number of nitrogens with zero attached hydrogens (tertiary/aromatic N) is 1. The van der Waals surface area contributed by atoms with E-state index in [-0.39, 0.29) is 11.0 Å². The van der Waals surface area contributed by atoms with Crippen LogP contribution in [-0.2, 0) is 15.1 Å². The fraction of sp³-hybridized carbons (Fsp3) is 0.500. The van der Waals surface area contributed by atoms with Crippen molar-refractivity contribution in [3.63, 3.8) is 0 Å². The zero-order valence-electron chi connectivity index (χ0n) is 15.4. The molecule has 0 spiro atoms. The van der Waals surface area contributed by atoms with Crippen LogP contribution in [0, 0.1) is 0 Å². The molecule has 27 heavy (non-hydrogen) atoms. The van der Waals surface area contributed by atoms with E-state index in [0.717, 1.165) is 43.4 Å². The van der Waals surface area contributed by atoms with Gasteiger partial charge in [0.1, 0.15) is 18.6 Å². The Hall–Kier alpha value is -2.23. The van der Waals surface area contributed by atoms with E-state index in [2.05, 4.69) is 16.1 Å². The van der Waals surface area contributed by atoms with Gasteiger partial charge in [0.15, 0.2) is 5.11 Å². The van der Waals surface area contributed by atoms with Crippen molar-refractivity contribution in [2.75, 3.05) is 39.4 Å². The molecule has 2 heterocycles. The molecule has 4 N–H and O–H groups in total. The molecule has 9 heteroatoms. The zero-order chi connectivity index (χ0) is 19.3. The lowest BCUT2D eigenvalue weighted by Crippen LogP contribution is -3.14. The second kappa shape index (κ2) is 8.64. The third-order valence-corrected chi connectivity index (χ3v) is 5.30. The molecule has 3 rings (SSSR count). The Morgan fingerprint density at radius 1 is 1.30 bits per heavy atom. The molecule has 0 radical (unpaired) electrons. The summed E-state index contributed by atoms with van der Waals surface area (Å²) in [5, 5.41) is 7.11. The van der Waals surface area contributed by atoms with Crippen LogP contribution >= 0.6 is 12.2 Å². The standard InChI is InChI=1S/C18H25N5O3S/c1-2-18(14-6-4-3-5-7-14)15(24)23(17(25)20-18)21-16(27)19-8-9-22-10-12-26-13-11-22/h3-7H,2,8-13H2,1H3,(H,20,25)(H2,19,21,27)/p+1/t18-/m1/s1. The van der Waals surface area contributed by atoms with Gasteiger partial charge in [-0.25, -0.2) is 4.79 Å². The summed E-state index contributed by atoms with van der Waals surface area (Å²) in [5.74, 6) is -0.357. The molecule has 1 aromatic carbocycles. The summed E-state index contributed by atoms with van der Waals surface area (Å²) in [6, 6.07) is 8.75. The molecular formula is C18H26N5O3S+. The predicted octanol–water partition coefficient (Wildman–Crippen LogP) is -0.862. The highest BCUT2D eigenvalue weighted by molar-refractivity contribution is 7.80. The number of urea groups is 1. The maximum absolute atomic E-state index is 13.0. The summed E-state index contributed by atoms with van der Waals surface area (Å²) in [6.45, 7) is 6.93. The first kappa shape index (κ1) is 19.5. The van der Waals surface area contributed by atoms with Crippen molar-refractivity contribution < 1.29 is 19.2 Å². The van der Waals surface area contributed by atoms with Gasteiger partial charge in [0.25, 0.3) is 5.91 Å². The van der Waals surface area contributed by atoms with Crippen molar-refractivity contribution in [3.8, 4) is 0 Å². The van der Waals surface area contributed by atoms with Crippen LogP contribution in [0.25, 0.3) is 0 Å². The van der Waals surface area contributed by atoms with E-state index in [9.17, 15) is 9.59 Å². The summed E-state index contributed by atoms with van der Waals surface area (Å²) < 4.78 is 5.34. The number of hydrazine groups is 1. The quantitative estimate of drug-likeness (QED) is 0.372. The average molecular weight is 393 g/mol. The van der Waals surface area contributed by atoms with Crippen LogP contribution in [0.2, 0.25) is 0 Å². The van der Waals surface area contributed by atoms with Crippen molar-refractivity contribution in [2.24, 2.45) is 0 Å². The van der Waals surface area contributed by atoms with E-state index in [1.165, 1.54) is 4.90 Å². The fourth-order valence-electron chi connectivity index (χ4n) is 3.44. The van der Waals surface area contributed by atoms with Crippen LogP contribution in [-0.4, -0.2) is 61.5 Å². The van der Waals surface area contributed by atoms with Crippen LogP contribution in [0.1, 0.15) is 18.9 Å². The van der Waals surface area contributed by atoms with E-state index in [1.807, 2.05) is 37.3 Å². The first-order valence-electron chi connectivity index (χ1n) is 9.25. The third-order valence-electron chi connectivity index (χ3n) is 5.07. The van der Waals surface area contributed by atoms with Gasteiger partial charge >= 0.3 is 6.03 Å². The number of thiocarbonyl (C=S) groups is 1. The Morgan fingerprint density at radius 2 is 2.00 bits per heavy atom. The van der Waals surface area contributed by atoms with Gasteiger partial charge in [-0.2, -0.15) is 5.01 Å². The van der Waals surface area contributed by atoms with E-state index in [0.29, 0.717) is 13.0 Å². The number of amides is 3. The number of ether oxygens (including phenoxy) is 1. The largest absolute Gasteiger partial charge is 0.370 e. The van der Waals surface area contributed by atoms with Crippen LogP contribution in [0.5, 0.6) is 0 Å². The monoisotopic (exact) mass is 392 g/mol. The number of hydrogen-bond donors (Lipinski definition) is 4. The normalized spacial score (nSPS) is 23.2. The molecular weight excluding hydrogens is 366 g/mol. The van der Waals surface area contributed by atoms with Gasteiger partial charge in [-0.3, -0.25) is 10.2 Å². The van der Waals surface area contributed by atoms with Crippen LogP contribution in [0.4, 0.5) is 4.79 Å². The van der Waals surface area contributed by atoms with Crippen molar-refractivity contribution in [1.29, 1.82) is 0 Å². The van der Waals surface area contributed by atoms with Gasteiger partial charge in [0.2, 0.25) is 0 Å². The number of rotatable bonds is 6. The van der Waals surface area contributed by atoms with Crippen molar-refractivity contribution in [2.45, 2.75) is 18.9 Å². The zero-order valence-corrected chi connectivity index (χ0v) is 16.2. The van der Waals surface area contributed by atoms with Crippen LogP contribution < -0.4 is 21.0 Å². The second-order valence-electron chi connectivity index (χ2n) is 6.68. The van der Waals surface area contributed by atoms with E-state index in [4.69, 9.17) is 17.0 Å². The summed E-state index contributed by atoms with van der Waals surface area (Å²) in [6.07, 6.45) is 0.445. The maximum atomic E-state index is 13.0. The first-order chi connectivity index (χ1) is 13.1. The number of benzene rings is 1. The predicted molar refractivity (Wildman–Crippen MR) is 104 cm³/mol. The van der Waals surface area contributed by atoms with Gasteiger partial charge in [-0.15, -0.1) is 0 Å². The molecule has 0 aliphatic carbocycles. The molecule has 1 aromatic rings. The Kier molecular flexibility index (Phi) is 6.25. The fourth-order valence-corrected chi connectivity index (χ4v) is 3.64. The van der Waals surface area contributed by atoms with Gasteiger partial charge in [0.05, 0.1) is 26.3 Å². The number of quaternary nitrogens is 1. The molecule has 146 valence electrons. The third kappa shape index (κ3) is 4.20. The van der Waals surface area contributed by atoms with Crippen molar-refractivity contribution >= 4 is 29.3 Å².